The Morgan fingerprint density at radius 3 is 2.61 bits per heavy atom. The van der Waals surface area contributed by atoms with Gasteiger partial charge in [-0.3, -0.25) is 4.79 Å². The monoisotopic (exact) mass is 379 g/mol. The average molecular weight is 380 g/mol. The lowest BCUT2D eigenvalue weighted by molar-refractivity contribution is -0.140. The van der Waals surface area contributed by atoms with E-state index in [1.807, 2.05) is 24.3 Å². The molecule has 3 rings (SSSR count). The van der Waals surface area contributed by atoms with Crippen molar-refractivity contribution in [3.8, 4) is 0 Å². The Hall–Kier alpha value is -2.59. The van der Waals surface area contributed by atoms with Crippen LogP contribution in [-0.2, 0) is 19.8 Å². The van der Waals surface area contributed by atoms with E-state index >= 15 is 0 Å². The third-order valence-electron chi connectivity index (χ3n) is 5.13. The van der Waals surface area contributed by atoms with Crippen LogP contribution in [0.1, 0.15) is 38.7 Å². The van der Waals surface area contributed by atoms with Crippen LogP contribution in [-0.4, -0.2) is 19.7 Å². The number of allylic oxidation sites excluding steroid dienone is 2. The molecule has 0 spiro atoms. The van der Waals surface area contributed by atoms with Gasteiger partial charge in [-0.15, -0.1) is 0 Å². The van der Waals surface area contributed by atoms with Crippen LogP contribution in [0.25, 0.3) is 10.8 Å². The number of hydrogen-bond acceptors (Lipinski definition) is 4. The van der Waals surface area contributed by atoms with Crippen molar-refractivity contribution in [2.45, 2.75) is 38.6 Å². The second kappa shape index (κ2) is 8.61. The Kier molecular flexibility index (Phi) is 6.20. The molecule has 2 aromatic carbocycles. The fourth-order valence-electron chi connectivity index (χ4n) is 3.53. The highest BCUT2D eigenvalue weighted by Gasteiger charge is 2.36. The molecule has 1 aliphatic carbocycles. The Balaban J connectivity index is 1.93. The number of carbonyl (C=O) groups excluding carboxylic acids is 1. The van der Waals surface area contributed by atoms with E-state index in [4.69, 9.17) is 15.2 Å². The maximum absolute atomic E-state index is 11.6. The fraction of sp³-hybridized carbons (Fsp3) is 0.375. The van der Waals surface area contributed by atoms with Gasteiger partial charge in [-0.2, -0.15) is 0 Å². The largest absolute Gasteiger partial charge is 0.495 e. The zero-order chi connectivity index (χ0) is 20.1. The van der Waals surface area contributed by atoms with Crippen LogP contribution in [0.15, 0.2) is 65.9 Å². The minimum atomic E-state index is -0.751. The highest BCUT2D eigenvalue weighted by Crippen LogP contribution is 2.39. The number of esters is 1. The highest BCUT2D eigenvalue weighted by atomic mass is 16.5. The Morgan fingerprint density at radius 2 is 1.89 bits per heavy atom. The molecule has 1 aliphatic rings. The summed E-state index contributed by atoms with van der Waals surface area (Å²) in [5, 5.41) is 2.33. The number of nitrogens with two attached hydrogens (primary N) is 1. The molecule has 0 bridgehead atoms. The molecule has 0 saturated carbocycles. The molecule has 1 unspecified atom stereocenters. The van der Waals surface area contributed by atoms with E-state index in [2.05, 4.69) is 44.2 Å². The molecule has 0 aliphatic heterocycles. The van der Waals surface area contributed by atoms with E-state index in [0.29, 0.717) is 31.8 Å². The van der Waals surface area contributed by atoms with Gasteiger partial charge in [0.2, 0.25) is 0 Å². The van der Waals surface area contributed by atoms with Crippen LogP contribution in [0.4, 0.5) is 0 Å². The van der Waals surface area contributed by atoms with E-state index in [0.717, 1.165) is 22.3 Å². The molecule has 148 valence electrons. The molecule has 0 amide bonds. The van der Waals surface area contributed by atoms with Crippen molar-refractivity contribution in [1.82, 2.24) is 0 Å². The van der Waals surface area contributed by atoms with Crippen molar-refractivity contribution in [3.05, 3.63) is 71.5 Å². The molecule has 0 fully saturated rings. The molecule has 2 N–H and O–H groups in total. The number of methoxy groups -OCH3 is 1. The quantitative estimate of drug-likeness (QED) is 0.700. The van der Waals surface area contributed by atoms with E-state index < -0.39 is 5.54 Å². The molecule has 4 heteroatoms. The van der Waals surface area contributed by atoms with Crippen LogP contribution in [0.2, 0.25) is 0 Å². The molecule has 1 atom stereocenters. The van der Waals surface area contributed by atoms with E-state index in [-0.39, 0.29) is 5.97 Å². The number of rotatable bonds is 7. The summed E-state index contributed by atoms with van der Waals surface area (Å²) in [7, 11) is 1.41. The van der Waals surface area contributed by atoms with E-state index in [9.17, 15) is 4.79 Å². The maximum Gasteiger partial charge on any atom is 0.305 e. The van der Waals surface area contributed by atoms with E-state index in [1.54, 1.807) is 0 Å². The van der Waals surface area contributed by atoms with Gasteiger partial charge >= 0.3 is 5.97 Å². The van der Waals surface area contributed by atoms with Gasteiger partial charge in [-0.05, 0) is 47.2 Å². The van der Waals surface area contributed by atoms with Crippen LogP contribution in [0, 0.1) is 5.92 Å². The molecular weight excluding hydrogens is 350 g/mol. The summed E-state index contributed by atoms with van der Waals surface area (Å²) in [6, 6.07) is 14.6. The minimum absolute atomic E-state index is 0.208. The first-order chi connectivity index (χ1) is 13.4. The first kappa shape index (κ1) is 20.2. The van der Waals surface area contributed by atoms with Crippen molar-refractivity contribution in [1.29, 1.82) is 0 Å². The summed E-state index contributed by atoms with van der Waals surface area (Å²) in [4.78, 5) is 11.6. The number of hydrogen-bond donors (Lipinski definition) is 1. The van der Waals surface area contributed by atoms with Crippen molar-refractivity contribution in [2.75, 3.05) is 13.7 Å². The van der Waals surface area contributed by atoms with Crippen LogP contribution < -0.4 is 5.73 Å². The smallest absolute Gasteiger partial charge is 0.305 e. The van der Waals surface area contributed by atoms with E-state index in [1.165, 1.54) is 12.5 Å². The lowest BCUT2D eigenvalue weighted by atomic mass is 9.78. The molecule has 4 nitrogen and oxygen atoms in total. The predicted molar refractivity (Wildman–Crippen MR) is 113 cm³/mol. The Bertz CT molecular complexity index is 913. The Labute approximate surface area is 167 Å². The van der Waals surface area contributed by atoms with Crippen molar-refractivity contribution < 1.29 is 14.3 Å². The summed E-state index contributed by atoms with van der Waals surface area (Å²) in [5.74, 6) is 0.977. The second-order valence-electron chi connectivity index (χ2n) is 7.85. The lowest BCUT2D eigenvalue weighted by Crippen LogP contribution is -2.41. The minimum Gasteiger partial charge on any atom is -0.495 e. The number of carbonyl (C=O) groups is 1. The van der Waals surface area contributed by atoms with Crippen molar-refractivity contribution >= 4 is 16.7 Å². The second-order valence-corrected chi connectivity index (χ2v) is 7.85. The van der Waals surface area contributed by atoms with Gasteiger partial charge in [0.1, 0.15) is 11.3 Å². The topological polar surface area (TPSA) is 61.5 Å². The average Bonchev–Trinajstić information content (AvgIpc) is 2.70. The van der Waals surface area contributed by atoms with Gasteiger partial charge in [0.05, 0.1) is 13.7 Å². The van der Waals surface area contributed by atoms with Crippen LogP contribution >= 0.6 is 0 Å². The fourth-order valence-corrected chi connectivity index (χ4v) is 3.53. The van der Waals surface area contributed by atoms with Gasteiger partial charge in [0, 0.05) is 6.42 Å². The first-order valence-electron chi connectivity index (χ1n) is 9.80. The summed E-state index contributed by atoms with van der Waals surface area (Å²) < 4.78 is 10.9. The summed E-state index contributed by atoms with van der Waals surface area (Å²) in [6.45, 7) is 4.86. The normalized spacial score (nSPS) is 19.3. The molecule has 0 aromatic heterocycles. The molecule has 0 radical (unpaired) electrons. The zero-order valence-corrected chi connectivity index (χ0v) is 16.9. The highest BCUT2D eigenvalue weighted by molar-refractivity contribution is 5.83. The number of ether oxygens (including phenoxy) is 2. The first-order valence-corrected chi connectivity index (χ1v) is 9.80. The van der Waals surface area contributed by atoms with Gasteiger partial charge in [-0.1, -0.05) is 61.9 Å². The summed E-state index contributed by atoms with van der Waals surface area (Å²) >= 11 is 0. The number of fused-ring (bicyclic) bond motifs is 1. The SMILES string of the molecule is COC(=O)CCC1=CC=C(OCC(C)C)C(N)(c2ccc3ccccc3c2)C1. The number of benzene rings is 2. The molecule has 28 heavy (non-hydrogen) atoms. The lowest BCUT2D eigenvalue weighted by Gasteiger charge is -2.36. The van der Waals surface area contributed by atoms with Crippen molar-refractivity contribution in [2.24, 2.45) is 11.7 Å². The van der Waals surface area contributed by atoms with Crippen molar-refractivity contribution in [3.63, 3.8) is 0 Å². The molecular formula is C24H29NO3. The predicted octanol–water partition coefficient (Wildman–Crippen LogP) is 4.83. The molecule has 2 aromatic rings. The third-order valence-corrected chi connectivity index (χ3v) is 5.13. The molecule has 0 saturated heterocycles. The van der Waals surface area contributed by atoms with Gasteiger partial charge in [-0.25, -0.2) is 0 Å². The van der Waals surface area contributed by atoms with Crippen LogP contribution in [0.3, 0.4) is 0 Å². The Morgan fingerprint density at radius 1 is 1.14 bits per heavy atom. The van der Waals surface area contributed by atoms with Gasteiger partial charge in [0.15, 0.2) is 0 Å². The van der Waals surface area contributed by atoms with Gasteiger partial charge < -0.3 is 15.2 Å². The zero-order valence-electron chi connectivity index (χ0n) is 16.9. The summed E-state index contributed by atoms with van der Waals surface area (Å²) in [5.41, 5.74) is 8.37. The summed E-state index contributed by atoms with van der Waals surface area (Å²) in [6.07, 6.45) is 5.60. The van der Waals surface area contributed by atoms with Gasteiger partial charge in [0.25, 0.3) is 0 Å². The standard InChI is InChI=1S/C24H29NO3/c1-17(2)16-28-22-12-8-18(9-13-23(26)27-3)15-24(22,25)21-11-10-19-6-4-5-7-20(19)14-21/h4-8,10-12,14,17H,9,13,15-16,25H2,1-3H3. The third kappa shape index (κ3) is 4.45. The van der Waals surface area contributed by atoms with Crippen LogP contribution in [0.5, 0.6) is 0 Å². The maximum atomic E-state index is 11.6. The molecule has 0 heterocycles.